The molecule has 0 saturated carbocycles. The summed E-state index contributed by atoms with van der Waals surface area (Å²) in [5.41, 5.74) is 1.48. The molecule has 0 unspecified atom stereocenters. The molecule has 0 fully saturated rings. The van der Waals surface area contributed by atoms with Crippen LogP contribution in [0.1, 0.15) is 26.7 Å². The van der Waals surface area contributed by atoms with Crippen LogP contribution in [0.3, 0.4) is 0 Å². The fraction of sp³-hybridized carbons (Fsp3) is 0.222. The van der Waals surface area contributed by atoms with Crippen molar-refractivity contribution in [3.05, 3.63) is 48.5 Å². The molecule has 2 rings (SSSR count). The Bertz CT molecular complexity index is 604. The molecule has 23 heavy (non-hydrogen) atoms. The van der Waals surface area contributed by atoms with Gasteiger partial charge in [0.1, 0.15) is 11.5 Å². The molecule has 0 spiro atoms. The predicted molar refractivity (Wildman–Crippen MR) is 90.8 cm³/mol. The summed E-state index contributed by atoms with van der Waals surface area (Å²) in [6.45, 7) is 3.61. The molecule has 5 heteroatoms. The summed E-state index contributed by atoms with van der Waals surface area (Å²) in [7, 11) is 0. The molecule has 2 aromatic rings. The lowest BCUT2D eigenvalue weighted by Gasteiger charge is -2.09. The lowest BCUT2D eigenvalue weighted by molar-refractivity contribution is -0.116. The van der Waals surface area contributed by atoms with Crippen LogP contribution in [0.25, 0.3) is 0 Å². The molecule has 0 bridgehead atoms. The molecule has 2 N–H and O–H groups in total. The molecule has 0 radical (unpaired) electrons. The largest absolute Gasteiger partial charge is 0.457 e. The summed E-state index contributed by atoms with van der Waals surface area (Å²) < 4.78 is 5.73. The molecule has 0 aliphatic carbocycles. The average Bonchev–Trinajstić information content (AvgIpc) is 2.58. The summed E-state index contributed by atoms with van der Waals surface area (Å²) in [6.07, 6.45) is 0.887. The maximum atomic E-state index is 11.3. The number of carbonyl (C=O) groups is 2. The van der Waals surface area contributed by atoms with E-state index >= 15 is 0 Å². The van der Waals surface area contributed by atoms with Gasteiger partial charge in [0.25, 0.3) is 0 Å². The van der Waals surface area contributed by atoms with Gasteiger partial charge in [0.2, 0.25) is 11.8 Å². The number of nitrogens with one attached hydrogen (secondary N) is 2. The summed E-state index contributed by atoms with van der Waals surface area (Å²) in [4.78, 5) is 22.6. The third-order valence-corrected chi connectivity index (χ3v) is 3.15. The van der Waals surface area contributed by atoms with Gasteiger partial charge in [-0.3, -0.25) is 9.59 Å². The van der Waals surface area contributed by atoms with E-state index in [1.54, 1.807) is 62.4 Å². The number of anilines is 2. The van der Waals surface area contributed by atoms with E-state index in [1.807, 2.05) is 0 Å². The van der Waals surface area contributed by atoms with Gasteiger partial charge in [-0.15, -0.1) is 0 Å². The molecular formula is C18H20N2O3. The lowest BCUT2D eigenvalue weighted by Crippen LogP contribution is -2.09. The minimum Gasteiger partial charge on any atom is -0.457 e. The summed E-state index contributed by atoms with van der Waals surface area (Å²) in [6, 6.07) is 14.3. The second-order valence-corrected chi connectivity index (χ2v) is 4.95. The maximum Gasteiger partial charge on any atom is 0.224 e. The summed E-state index contributed by atoms with van der Waals surface area (Å²) >= 11 is 0. The van der Waals surface area contributed by atoms with Crippen molar-refractivity contribution in [1.29, 1.82) is 0 Å². The number of rotatable bonds is 6. The Kier molecular flexibility index (Phi) is 5.74. The van der Waals surface area contributed by atoms with Crippen LogP contribution in [-0.4, -0.2) is 11.8 Å². The first-order chi connectivity index (χ1) is 11.1. The van der Waals surface area contributed by atoms with Crippen molar-refractivity contribution in [1.82, 2.24) is 0 Å². The first-order valence-electron chi connectivity index (χ1n) is 7.58. The Morgan fingerprint density at radius 2 is 1.09 bits per heavy atom. The molecule has 2 amide bonds. The van der Waals surface area contributed by atoms with E-state index in [9.17, 15) is 9.59 Å². The molecule has 0 aliphatic heterocycles. The summed E-state index contributed by atoms with van der Waals surface area (Å²) in [5, 5.41) is 5.56. The van der Waals surface area contributed by atoms with Crippen LogP contribution >= 0.6 is 0 Å². The molecule has 5 nitrogen and oxygen atoms in total. The number of ether oxygens (including phenoxy) is 1. The molecule has 0 atom stereocenters. The van der Waals surface area contributed by atoms with Crippen molar-refractivity contribution in [3.8, 4) is 11.5 Å². The van der Waals surface area contributed by atoms with Gasteiger partial charge in [-0.2, -0.15) is 0 Å². The van der Waals surface area contributed by atoms with Crippen molar-refractivity contribution in [2.75, 3.05) is 10.6 Å². The first kappa shape index (κ1) is 16.5. The van der Waals surface area contributed by atoms with Crippen LogP contribution in [-0.2, 0) is 9.59 Å². The average molecular weight is 312 g/mol. The van der Waals surface area contributed by atoms with Gasteiger partial charge in [-0.05, 0) is 48.5 Å². The fourth-order valence-electron chi connectivity index (χ4n) is 1.85. The molecule has 0 aromatic heterocycles. The van der Waals surface area contributed by atoms with E-state index in [-0.39, 0.29) is 11.8 Å². The third kappa shape index (κ3) is 5.14. The van der Waals surface area contributed by atoms with Gasteiger partial charge < -0.3 is 15.4 Å². The van der Waals surface area contributed by atoms with E-state index < -0.39 is 0 Å². The first-order valence-corrected chi connectivity index (χ1v) is 7.58. The van der Waals surface area contributed by atoms with E-state index in [0.717, 1.165) is 11.4 Å². The molecule has 2 aromatic carbocycles. The number of hydrogen-bond donors (Lipinski definition) is 2. The Hall–Kier alpha value is -2.82. The highest BCUT2D eigenvalue weighted by Gasteiger charge is 2.02. The zero-order valence-electron chi connectivity index (χ0n) is 13.3. The zero-order chi connectivity index (χ0) is 16.7. The standard InChI is InChI=1S/C18H20N2O3/c1-3-17(21)19-13-5-9-15(10-6-13)23-16-11-7-14(8-12-16)20-18(22)4-2/h5-12H,3-4H2,1-2H3,(H,19,21)(H,20,22). The maximum absolute atomic E-state index is 11.3. The minimum absolute atomic E-state index is 0.0246. The molecule has 0 heterocycles. The zero-order valence-corrected chi connectivity index (χ0v) is 13.3. The van der Waals surface area contributed by atoms with E-state index in [0.29, 0.717) is 24.3 Å². The Labute approximate surface area is 135 Å². The Morgan fingerprint density at radius 3 is 1.39 bits per heavy atom. The van der Waals surface area contributed by atoms with Gasteiger partial charge in [-0.1, -0.05) is 13.8 Å². The molecular weight excluding hydrogens is 292 g/mol. The Morgan fingerprint density at radius 1 is 0.739 bits per heavy atom. The highest BCUT2D eigenvalue weighted by molar-refractivity contribution is 5.91. The van der Waals surface area contributed by atoms with Crippen molar-refractivity contribution >= 4 is 23.2 Å². The van der Waals surface area contributed by atoms with Crippen molar-refractivity contribution in [2.45, 2.75) is 26.7 Å². The van der Waals surface area contributed by atoms with Crippen LogP contribution < -0.4 is 15.4 Å². The van der Waals surface area contributed by atoms with Crippen molar-refractivity contribution in [2.24, 2.45) is 0 Å². The Balaban J connectivity index is 1.96. The molecule has 0 aliphatic rings. The third-order valence-electron chi connectivity index (χ3n) is 3.15. The monoisotopic (exact) mass is 312 g/mol. The van der Waals surface area contributed by atoms with Gasteiger partial charge in [0.05, 0.1) is 0 Å². The highest BCUT2D eigenvalue weighted by Crippen LogP contribution is 2.24. The number of amides is 2. The SMILES string of the molecule is CCC(=O)Nc1ccc(Oc2ccc(NC(=O)CC)cc2)cc1. The number of carbonyl (C=O) groups excluding carboxylic acids is 2. The second kappa shape index (κ2) is 7.98. The normalized spacial score (nSPS) is 10.0. The quantitative estimate of drug-likeness (QED) is 0.841. The van der Waals surface area contributed by atoms with Crippen LogP contribution in [0.4, 0.5) is 11.4 Å². The minimum atomic E-state index is -0.0246. The smallest absolute Gasteiger partial charge is 0.224 e. The van der Waals surface area contributed by atoms with Gasteiger partial charge >= 0.3 is 0 Å². The van der Waals surface area contributed by atoms with Crippen LogP contribution in [0.2, 0.25) is 0 Å². The molecule has 120 valence electrons. The number of benzene rings is 2. The van der Waals surface area contributed by atoms with Crippen molar-refractivity contribution in [3.63, 3.8) is 0 Å². The highest BCUT2D eigenvalue weighted by atomic mass is 16.5. The number of hydrogen-bond acceptors (Lipinski definition) is 3. The lowest BCUT2D eigenvalue weighted by atomic mass is 10.2. The van der Waals surface area contributed by atoms with Crippen LogP contribution in [0.5, 0.6) is 11.5 Å². The molecule has 0 saturated heterocycles. The second-order valence-electron chi connectivity index (χ2n) is 4.95. The van der Waals surface area contributed by atoms with E-state index in [4.69, 9.17) is 4.74 Å². The van der Waals surface area contributed by atoms with E-state index in [2.05, 4.69) is 10.6 Å². The van der Waals surface area contributed by atoms with Crippen molar-refractivity contribution < 1.29 is 14.3 Å². The summed E-state index contributed by atoms with van der Waals surface area (Å²) in [5.74, 6) is 1.29. The van der Waals surface area contributed by atoms with E-state index in [1.165, 1.54) is 0 Å². The van der Waals surface area contributed by atoms with Gasteiger partial charge in [0, 0.05) is 24.2 Å². The van der Waals surface area contributed by atoms with Crippen LogP contribution in [0, 0.1) is 0 Å². The van der Waals surface area contributed by atoms with Gasteiger partial charge in [0.15, 0.2) is 0 Å². The predicted octanol–water partition coefficient (Wildman–Crippen LogP) is 4.18. The van der Waals surface area contributed by atoms with Crippen LogP contribution in [0.15, 0.2) is 48.5 Å². The fourth-order valence-corrected chi connectivity index (χ4v) is 1.85. The topological polar surface area (TPSA) is 67.4 Å². The van der Waals surface area contributed by atoms with Gasteiger partial charge in [-0.25, -0.2) is 0 Å².